The summed E-state index contributed by atoms with van der Waals surface area (Å²) in [6.07, 6.45) is 14.7. The van der Waals surface area contributed by atoms with Gasteiger partial charge in [-0.3, -0.25) is 19.7 Å². The zero-order valence-electron chi connectivity index (χ0n) is 26.4. The predicted molar refractivity (Wildman–Crippen MR) is 176 cm³/mol. The maximum atomic E-state index is 14.1. The Hall–Kier alpha value is -3.11. The third-order valence-electron chi connectivity index (χ3n) is 9.55. The molecule has 240 valence electrons. The molecule has 2 heterocycles. The Kier molecular flexibility index (Phi) is 10.2. The molecule has 0 radical (unpaired) electrons. The molecular formula is C34H48N4O5S. The van der Waals surface area contributed by atoms with Crippen LogP contribution >= 0.6 is 0 Å². The molecule has 2 aromatic carbocycles. The molecule has 2 aliphatic heterocycles. The lowest BCUT2D eigenvalue weighted by molar-refractivity contribution is -0.117. The number of hydrogen-bond donors (Lipinski definition) is 2. The van der Waals surface area contributed by atoms with Gasteiger partial charge in [-0.05, 0) is 74.5 Å². The second-order valence-corrected chi connectivity index (χ2v) is 14.8. The number of hydrogen-bond acceptors (Lipinski definition) is 6. The van der Waals surface area contributed by atoms with Crippen LogP contribution in [0.4, 0.5) is 21.9 Å². The summed E-state index contributed by atoms with van der Waals surface area (Å²) in [6.45, 7) is 4.66. The number of amides is 2. The number of anilines is 3. The molecule has 2 amide bonds. The molecule has 5 rings (SSSR count). The van der Waals surface area contributed by atoms with Gasteiger partial charge in [0, 0.05) is 24.6 Å². The van der Waals surface area contributed by atoms with Crippen molar-refractivity contribution in [3.63, 3.8) is 0 Å². The van der Waals surface area contributed by atoms with Gasteiger partial charge in [-0.2, -0.15) is 0 Å². The van der Waals surface area contributed by atoms with Crippen LogP contribution in [0.2, 0.25) is 0 Å². The van der Waals surface area contributed by atoms with Gasteiger partial charge in [0.05, 0.1) is 23.7 Å². The van der Waals surface area contributed by atoms with Crippen molar-refractivity contribution in [2.24, 2.45) is 5.41 Å². The summed E-state index contributed by atoms with van der Waals surface area (Å²) >= 11 is 0. The summed E-state index contributed by atoms with van der Waals surface area (Å²) in [5, 5.41) is 3.59. The molecule has 2 atom stereocenters. The molecule has 1 spiro atoms. The van der Waals surface area contributed by atoms with Crippen molar-refractivity contribution in [2.75, 3.05) is 33.9 Å². The molecule has 2 aromatic rings. The van der Waals surface area contributed by atoms with E-state index in [4.69, 9.17) is 4.74 Å². The molecule has 3 aliphatic rings. The standard InChI is InChI=1S/C34H48N4O5S/c1-25-24-37(33(40)43-32-34(21-12-22-35-32)19-10-8-6-4-5-7-9-11-20-34)31-23-28(15-18-30(31)38(25)26(2)39)27-13-16-29(17-14-27)36-44(3,41)42/h13-18,23,25,32,35-36H,4-12,19-22,24H2,1-3H3/t25-,32?/m0/s1. The van der Waals surface area contributed by atoms with E-state index in [0.29, 0.717) is 23.6 Å². The molecule has 1 aliphatic carbocycles. The SMILES string of the molecule is CC(=O)N1c2ccc(-c3ccc(NS(C)(=O)=O)cc3)cc2N(C(=O)OC2NCCCC23CCCCCCCCCC3)C[C@@H]1C. The topological polar surface area (TPSA) is 108 Å². The van der Waals surface area contributed by atoms with Crippen LogP contribution in [0.1, 0.15) is 90.9 Å². The number of rotatable bonds is 4. The first kappa shape index (κ1) is 32.3. The fourth-order valence-electron chi connectivity index (χ4n) is 7.41. The van der Waals surface area contributed by atoms with Gasteiger partial charge < -0.3 is 9.64 Å². The van der Waals surface area contributed by atoms with Crippen molar-refractivity contribution in [3.05, 3.63) is 42.5 Å². The van der Waals surface area contributed by atoms with Crippen LogP contribution in [0.3, 0.4) is 0 Å². The van der Waals surface area contributed by atoms with Crippen molar-refractivity contribution >= 4 is 39.1 Å². The number of carbonyl (C=O) groups is 2. The summed E-state index contributed by atoms with van der Waals surface area (Å²) in [6, 6.07) is 12.6. The molecule has 10 heteroatoms. The van der Waals surface area contributed by atoms with Crippen LogP contribution in [-0.2, 0) is 19.6 Å². The quantitative estimate of drug-likeness (QED) is 0.378. The minimum absolute atomic E-state index is 0.0580. The molecule has 2 N–H and O–H groups in total. The van der Waals surface area contributed by atoms with Crippen LogP contribution in [0.5, 0.6) is 0 Å². The Balaban J connectivity index is 1.43. The summed E-state index contributed by atoms with van der Waals surface area (Å²) in [5.41, 5.74) is 3.43. The molecule has 44 heavy (non-hydrogen) atoms. The zero-order valence-corrected chi connectivity index (χ0v) is 27.3. The lowest BCUT2D eigenvalue weighted by atomic mass is 9.71. The maximum absolute atomic E-state index is 14.1. The van der Waals surface area contributed by atoms with Crippen LogP contribution in [0, 0.1) is 5.41 Å². The number of nitrogens with zero attached hydrogens (tertiary/aromatic N) is 2. The highest BCUT2D eigenvalue weighted by molar-refractivity contribution is 7.92. The zero-order chi connectivity index (χ0) is 31.3. The first-order valence-electron chi connectivity index (χ1n) is 16.3. The lowest BCUT2D eigenvalue weighted by Gasteiger charge is -2.46. The van der Waals surface area contributed by atoms with E-state index in [2.05, 4.69) is 10.0 Å². The third-order valence-corrected chi connectivity index (χ3v) is 10.2. The number of sulfonamides is 1. The van der Waals surface area contributed by atoms with Gasteiger partial charge >= 0.3 is 6.09 Å². The van der Waals surface area contributed by atoms with Crippen LogP contribution in [0.15, 0.2) is 42.5 Å². The van der Waals surface area contributed by atoms with E-state index in [1.807, 2.05) is 37.3 Å². The molecule has 1 unspecified atom stereocenters. The monoisotopic (exact) mass is 624 g/mol. The highest BCUT2D eigenvalue weighted by atomic mass is 32.2. The normalized spacial score (nSPS) is 22.9. The largest absolute Gasteiger partial charge is 0.429 e. The average molecular weight is 625 g/mol. The Labute approximate surface area is 262 Å². The van der Waals surface area contributed by atoms with Gasteiger partial charge in [-0.1, -0.05) is 69.6 Å². The van der Waals surface area contributed by atoms with Gasteiger partial charge in [0.25, 0.3) is 0 Å². The summed E-state index contributed by atoms with van der Waals surface area (Å²) < 4.78 is 32.2. The van der Waals surface area contributed by atoms with Crippen molar-refractivity contribution in [3.8, 4) is 11.1 Å². The number of nitrogens with one attached hydrogen (secondary N) is 2. The number of fused-ring (bicyclic) bond motifs is 1. The fraction of sp³-hybridized carbons (Fsp3) is 0.588. The molecule has 0 bridgehead atoms. The van der Waals surface area contributed by atoms with Crippen LogP contribution in [0.25, 0.3) is 11.1 Å². The van der Waals surface area contributed by atoms with E-state index in [9.17, 15) is 18.0 Å². The molecule has 1 saturated heterocycles. The van der Waals surface area contributed by atoms with Gasteiger partial charge in [-0.25, -0.2) is 13.2 Å². The second kappa shape index (κ2) is 13.9. The van der Waals surface area contributed by atoms with E-state index in [1.165, 1.54) is 38.5 Å². The van der Waals surface area contributed by atoms with Crippen molar-refractivity contribution in [2.45, 2.75) is 103 Å². The average Bonchev–Trinajstić information content (AvgIpc) is 3.03. The Bertz CT molecular complexity index is 1420. The van der Waals surface area contributed by atoms with Crippen molar-refractivity contribution in [1.29, 1.82) is 0 Å². The van der Waals surface area contributed by atoms with Crippen LogP contribution < -0.4 is 19.8 Å². The third kappa shape index (κ3) is 7.57. The fourth-order valence-corrected chi connectivity index (χ4v) is 7.97. The first-order valence-corrected chi connectivity index (χ1v) is 18.2. The van der Waals surface area contributed by atoms with E-state index >= 15 is 0 Å². The summed E-state index contributed by atoms with van der Waals surface area (Å²) in [5.74, 6) is -0.0824. The van der Waals surface area contributed by atoms with Gasteiger partial charge in [0.2, 0.25) is 15.9 Å². The second-order valence-electron chi connectivity index (χ2n) is 13.0. The molecule has 9 nitrogen and oxygen atoms in total. The number of carbonyl (C=O) groups excluding carboxylic acids is 2. The van der Waals surface area contributed by atoms with E-state index < -0.39 is 10.0 Å². The molecule has 1 saturated carbocycles. The lowest BCUT2D eigenvalue weighted by Crippen LogP contribution is -2.56. The minimum atomic E-state index is -3.39. The highest BCUT2D eigenvalue weighted by Crippen LogP contribution is 2.44. The van der Waals surface area contributed by atoms with Crippen molar-refractivity contribution in [1.82, 2.24) is 5.32 Å². The molecular weight excluding hydrogens is 576 g/mol. The highest BCUT2D eigenvalue weighted by Gasteiger charge is 2.44. The van der Waals surface area contributed by atoms with E-state index in [0.717, 1.165) is 62.5 Å². The predicted octanol–water partition coefficient (Wildman–Crippen LogP) is 7.03. The number of benzene rings is 2. The summed E-state index contributed by atoms with van der Waals surface area (Å²) in [4.78, 5) is 30.3. The maximum Gasteiger partial charge on any atom is 0.416 e. The van der Waals surface area contributed by atoms with Gasteiger partial charge in [0.15, 0.2) is 6.23 Å². The van der Waals surface area contributed by atoms with Gasteiger partial charge in [-0.15, -0.1) is 0 Å². The molecule has 2 fully saturated rings. The Morgan fingerprint density at radius 3 is 2.07 bits per heavy atom. The van der Waals surface area contributed by atoms with Crippen molar-refractivity contribution < 1.29 is 22.7 Å². The van der Waals surface area contributed by atoms with E-state index in [1.54, 1.807) is 28.9 Å². The van der Waals surface area contributed by atoms with E-state index in [-0.39, 0.29) is 29.7 Å². The summed E-state index contributed by atoms with van der Waals surface area (Å²) in [7, 11) is -3.39. The van der Waals surface area contributed by atoms with Crippen LogP contribution in [-0.4, -0.2) is 52.0 Å². The minimum Gasteiger partial charge on any atom is -0.429 e. The molecule has 0 aromatic heterocycles. The Morgan fingerprint density at radius 2 is 1.45 bits per heavy atom. The van der Waals surface area contributed by atoms with Gasteiger partial charge in [0.1, 0.15) is 0 Å². The smallest absolute Gasteiger partial charge is 0.416 e. The number of ether oxygens (including phenoxy) is 1. The number of piperidine rings is 1. The Morgan fingerprint density at radius 1 is 0.864 bits per heavy atom. The first-order chi connectivity index (χ1) is 21.1.